The normalized spacial score (nSPS) is 39.2. The van der Waals surface area contributed by atoms with Gasteiger partial charge in [-0.2, -0.15) is 0 Å². The molecule has 0 nitrogen and oxygen atoms in total. The molecule has 0 heteroatoms. The summed E-state index contributed by atoms with van der Waals surface area (Å²) in [5.74, 6) is 5.07. The molecule has 20 heavy (non-hydrogen) atoms. The molecule has 1 aromatic carbocycles. The maximum atomic E-state index is 2.45. The molecule has 4 fully saturated rings. The quantitative estimate of drug-likeness (QED) is 0.628. The fraction of sp³-hybridized carbons (Fsp3) is 0.700. The van der Waals surface area contributed by atoms with Crippen LogP contribution in [-0.4, -0.2) is 0 Å². The molecule has 5 rings (SSSR count). The molecule has 0 radical (unpaired) electrons. The molecule has 0 aliphatic heterocycles. The van der Waals surface area contributed by atoms with Crippen LogP contribution in [0.2, 0.25) is 0 Å². The second-order valence-corrected chi connectivity index (χ2v) is 8.83. The second kappa shape index (κ2) is 4.36. The summed E-state index contributed by atoms with van der Waals surface area (Å²) in [6, 6.07) is 9.68. The Morgan fingerprint density at radius 2 is 1.25 bits per heavy atom. The van der Waals surface area contributed by atoms with E-state index in [1.807, 2.05) is 0 Å². The molecule has 0 heterocycles. The average Bonchev–Trinajstić information content (AvgIpc) is 2.37. The van der Waals surface area contributed by atoms with Gasteiger partial charge >= 0.3 is 0 Å². The number of benzene rings is 1. The molecular weight excluding hydrogens is 240 g/mol. The van der Waals surface area contributed by atoms with Gasteiger partial charge in [0.2, 0.25) is 0 Å². The van der Waals surface area contributed by atoms with Gasteiger partial charge in [0.05, 0.1) is 0 Å². The highest BCUT2D eigenvalue weighted by atomic mass is 14.5. The minimum Gasteiger partial charge on any atom is -0.0584 e. The van der Waals surface area contributed by atoms with Crippen molar-refractivity contribution in [1.82, 2.24) is 0 Å². The van der Waals surface area contributed by atoms with Crippen molar-refractivity contribution in [3.05, 3.63) is 35.4 Å². The van der Waals surface area contributed by atoms with Crippen LogP contribution in [0.3, 0.4) is 0 Å². The van der Waals surface area contributed by atoms with E-state index < -0.39 is 0 Å². The summed E-state index contributed by atoms with van der Waals surface area (Å²) in [6.45, 7) is 6.93. The zero-order valence-corrected chi connectivity index (χ0v) is 13.2. The smallest absolute Gasteiger partial charge is 0.0105 e. The third-order valence-corrected chi connectivity index (χ3v) is 6.39. The van der Waals surface area contributed by atoms with E-state index in [-0.39, 0.29) is 5.41 Å². The lowest BCUT2D eigenvalue weighted by Crippen LogP contribution is -2.43. The summed E-state index contributed by atoms with van der Waals surface area (Å²) in [6.07, 6.45) is 7.66. The standard InChI is InChI=1S/C20H28/c1-20(2,3)18-6-4-15(5-7-18)19-16-9-13-8-14(11-16)12-17(19)10-13/h4-7,13-14,16-17,19H,8-12H2,1-3H3. The van der Waals surface area contributed by atoms with Crippen molar-refractivity contribution in [2.24, 2.45) is 23.7 Å². The van der Waals surface area contributed by atoms with E-state index in [2.05, 4.69) is 45.0 Å². The van der Waals surface area contributed by atoms with Crippen LogP contribution in [0.25, 0.3) is 0 Å². The Bertz CT molecular complexity index is 460. The molecule has 0 spiro atoms. The molecule has 0 aromatic heterocycles. The van der Waals surface area contributed by atoms with E-state index in [4.69, 9.17) is 0 Å². The van der Waals surface area contributed by atoms with E-state index in [1.165, 1.54) is 31.2 Å². The highest BCUT2D eigenvalue weighted by molar-refractivity contribution is 5.31. The highest BCUT2D eigenvalue weighted by Gasteiger charge is 2.48. The van der Waals surface area contributed by atoms with E-state index in [0.29, 0.717) is 0 Å². The Hall–Kier alpha value is -0.780. The van der Waals surface area contributed by atoms with Crippen LogP contribution in [0.15, 0.2) is 24.3 Å². The summed E-state index contributed by atoms with van der Waals surface area (Å²) in [4.78, 5) is 0. The summed E-state index contributed by atoms with van der Waals surface area (Å²) in [5, 5.41) is 0. The van der Waals surface area contributed by atoms with Crippen molar-refractivity contribution in [3.63, 3.8) is 0 Å². The molecule has 0 unspecified atom stereocenters. The Balaban J connectivity index is 1.61. The number of hydrogen-bond acceptors (Lipinski definition) is 0. The van der Waals surface area contributed by atoms with Gasteiger partial charge in [0.15, 0.2) is 0 Å². The lowest BCUT2D eigenvalue weighted by molar-refractivity contribution is -0.00278. The summed E-state index contributed by atoms with van der Waals surface area (Å²) in [7, 11) is 0. The summed E-state index contributed by atoms with van der Waals surface area (Å²) < 4.78 is 0. The SMILES string of the molecule is CC(C)(C)c1ccc(C2C3CC4CC(C3)CC2C4)cc1. The molecule has 0 N–H and O–H groups in total. The maximum absolute atomic E-state index is 2.45. The molecule has 108 valence electrons. The minimum atomic E-state index is 0.280. The largest absolute Gasteiger partial charge is 0.0584 e. The van der Waals surface area contributed by atoms with Crippen molar-refractivity contribution in [3.8, 4) is 0 Å². The minimum absolute atomic E-state index is 0.280. The number of hydrogen-bond donors (Lipinski definition) is 0. The average molecular weight is 268 g/mol. The zero-order valence-electron chi connectivity index (χ0n) is 13.2. The van der Waals surface area contributed by atoms with Gasteiger partial charge in [-0.15, -0.1) is 0 Å². The first-order valence-corrected chi connectivity index (χ1v) is 8.61. The lowest BCUT2D eigenvalue weighted by atomic mass is 9.51. The third kappa shape index (κ3) is 2.03. The molecule has 4 aliphatic rings. The molecule has 4 bridgehead atoms. The van der Waals surface area contributed by atoms with E-state index >= 15 is 0 Å². The molecule has 4 saturated carbocycles. The van der Waals surface area contributed by atoms with Crippen molar-refractivity contribution in [2.75, 3.05) is 0 Å². The van der Waals surface area contributed by atoms with E-state index in [0.717, 1.165) is 29.6 Å². The molecular formula is C20H28. The van der Waals surface area contributed by atoms with E-state index in [9.17, 15) is 0 Å². The Labute approximate surface area is 124 Å². The van der Waals surface area contributed by atoms with Crippen LogP contribution >= 0.6 is 0 Å². The molecule has 4 aliphatic carbocycles. The predicted octanol–water partition coefficient (Wildman–Crippen LogP) is 5.52. The van der Waals surface area contributed by atoms with Gasteiger partial charge < -0.3 is 0 Å². The van der Waals surface area contributed by atoms with Gasteiger partial charge in [0.25, 0.3) is 0 Å². The highest BCUT2D eigenvalue weighted by Crippen LogP contribution is 2.59. The van der Waals surface area contributed by atoms with Crippen LogP contribution in [0, 0.1) is 23.7 Å². The zero-order chi connectivity index (χ0) is 13.9. The maximum Gasteiger partial charge on any atom is -0.0105 e. The molecule has 0 atom stereocenters. The van der Waals surface area contributed by atoms with Crippen molar-refractivity contribution in [2.45, 2.75) is 64.2 Å². The summed E-state index contributed by atoms with van der Waals surface area (Å²) in [5.41, 5.74) is 3.40. The van der Waals surface area contributed by atoms with Crippen molar-refractivity contribution < 1.29 is 0 Å². The molecule has 0 saturated heterocycles. The van der Waals surface area contributed by atoms with Crippen molar-refractivity contribution >= 4 is 0 Å². The van der Waals surface area contributed by atoms with Crippen LogP contribution in [0.5, 0.6) is 0 Å². The van der Waals surface area contributed by atoms with Gasteiger partial charge in [-0.1, -0.05) is 45.0 Å². The first-order chi connectivity index (χ1) is 9.50. The lowest BCUT2D eigenvalue weighted by Gasteiger charge is -2.54. The van der Waals surface area contributed by atoms with E-state index in [1.54, 1.807) is 12.0 Å². The fourth-order valence-corrected chi connectivity index (χ4v) is 5.67. The molecule has 0 amide bonds. The van der Waals surface area contributed by atoms with Crippen LogP contribution in [0.1, 0.15) is 69.9 Å². The monoisotopic (exact) mass is 268 g/mol. The fourth-order valence-electron chi connectivity index (χ4n) is 5.67. The Kier molecular flexibility index (Phi) is 2.81. The first kappa shape index (κ1) is 12.9. The van der Waals surface area contributed by atoms with Crippen LogP contribution < -0.4 is 0 Å². The molecule has 1 aromatic rings. The van der Waals surface area contributed by atoms with Gasteiger partial charge in [-0.3, -0.25) is 0 Å². The topological polar surface area (TPSA) is 0 Å². The third-order valence-electron chi connectivity index (χ3n) is 6.39. The number of rotatable bonds is 1. The van der Waals surface area contributed by atoms with Gasteiger partial charge in [-0.25, -0.2) is 0 Å². The Morgan fingerprint density at radius 3 is 1.70 bits per heavy atom. The predicted molar refractivity (Wildman–Crippen MR) is 84.9 cm³/mol. The Morgan fingerprint density at radius 1 is 0.750 bits per heavy atom. The van der Waals surface area contributed by atoms with Gasteiger partial charge in [0.1, 0.15) is 0 Å². The summed E-state index contributed by atoms with van der Waals surface area (Å²) >= 11 is 0. The van der Waals surface area contributed by atoms with Crippen LogP contribution in [-0.2, 0) is 5.41 Å². The van der Waals surface area contributed by atoms with Crippen LogP contribution in [0.4, 0.5) is 0 Å². The van der Waals surface area contributed by atoms with Gasteiger partial charge in [0, 0.05) is 0 Å². The van der Waals surface area contributed by atoms with Gasteiger partial charge in [-0.05, 0) is 78.2 Å². The first-order valence-electron chi connectivity index (χ1n) is 8.61. The second-order valence-electron chi connectivity index (χ2n) is 8.83. The van der Waals surface area contributed by atoms with Crippen molar-refractivity contribution in [1.29, 1.82) is 0 Å².